The van der Waals surface area contributed by atoms with Gasteiger partial charge >= 0.3 is 159 Å². The summed E-state index contributed by atoms with van der Waals surface area (Å²) in [5, 5.41) is 2.67. The molecule has 1 unspecified atom stereocenters. The Balaban J connectivity index is 2.65. The number of benzene rings is 1. The molecule has 7 heteroatoms. The Morgan fingerprint density at radius 2 is 2.00 bits per heavy atom. The first kappa shape index (κ1) is 20.7. The summed E-state index contributed by atoms with van der Waals surface area (Å²) >= 11 is -2.81. The van der Waals surface area contributed by atoms with Crippen molar-refractivity contribution >= 4 is 6.41 Å². The summed E-state index contributed by atoms with van der Waals surface area (Å²) in [6, 6.07) is 8.44. The van der Waals surface area contributed by atoms with Gasteiger partial charge in [0.25, 0.3) is 0 Å². The molecule has 2 aromatic rings. The van der Waals surface area contributed by atoms with Crippen LogP contribution in [0.3, 0.4) is 0 Å². The van der Waals surface area contributed by atoms with Crippen molar-refractivity contribution in [1.82, 2.24) is 10.3 Å². The van der Waals surface area contributed by atoms with Crippen LogP contribution in [-0.2, 0) is 20.8 Å². The maximum atomic E-state index is 13.4. The zero-order chi connectivity index (χ0) is 19.2. The van der Waals surface area contributed by atoms with Gasteiger partial charge in [-0.3, -0.25) is 0 Å². The Morgan fingerprint density at radius 3 is 2.54 bits per heavy atom. The fraction of sp³-hybridized carbons (Fsp3) is 0.368. The topological polar surface area (TPSA) is 77.2 Å². The van der Waals surface area contributed by atoms with Crippen molar-refractivity contribution in [2.24, 2.45) is 5.90 Å². The summed E-state index contributed by atoms with van der Waals surface area (Å²) in [5.41, 5.74) is 3.68. The zero-order valence-electron chi connectivity index (χ0n) is 15.4. The quantitative estimate of drug-likeness (QED) is 0.169. The fourth-order valence-electron chi connectivity index (χ4n) is 2.77. The van der Waals surface area contributed by atoms with Gasteiger partial charge in [0.2, 0.25) is 0 Å². The first-order chi connectivity index (χ1) is 12.5. The monoisotopic (exact) mass is 474 g/mol. The molecule has 1 amide bonds. The average molecular weight is 474 g/mol. The van der Waals surface area contributed by atoms with Crippen LogP contribution in [0.1, 0.15) is 25.1 Å². The molecule has 144 valence electrons. The minimum atomic E-state index is -2.81. The van der Waals surface area contributed by atoms with E-state index in [1.807, 2.05) is 0 Å². The molecule has 0 saturated carbocycles. The number of nitrogens with one attached hydrogen (secondary N) is 1. The van der Waals surface area contributed by atoms with Crippen LogP contribution in [0.5, 0.6) is 0 Å². The van der Waals surface area contributed by atoms with E-state index in [0.29, 0.717) is 19.4 Å². The Hall–Kier alpha value is -1.58. The molecule has 0 aliphatic rings. The Bertz CT molecular complexity index is 749. The second-order valence-corrected chi connectivity index (χ2v) is 14.4. The number of carbonyl (C=O) groups excluding carboxylic acids is 1. The molecule has 0 aliphatic heterocycles. The van der Waals surface area contributed by atoms with Crippen molar-refractivity contribution in [2.45, 2.75) is 26.7 Å². The van der Waals surface area contributed by atoms with Crippen molar-refractivity contribution in [1.29, 1.82) is 0 Å². The molecular weight excluding hydrogens is 448 g/mol. The van der Waals surface area contributed by atoms with Crippen LogP contribution in [0, 0.1) is 9.39 Å². The van der Waals surface area contributed by atoms with Gasteiger partial charge in [-0.05, 0) is 0 Å². The van der Waals surface area contributed by atoms with E-state index in [9.17, 15) is 9.18 Å². The number of nitrogens with zero attached hydrogens (tertiary/aromatic N) is 1. The van der Waals surface area contributed by atoms with E-state index in [4.69, 9.17) is 14.0 Å². The molecule has 2 rings (SSSR count). The molecule has 0 saturated heterocycles. The van der Waals surface area contributed by atoms with E-state index >= 15 is 0 Å². The molecule has 0 radical (unpaired) electrons. The van der Waals surface area contributed by atoms with Crippen molar-refractivity contribution < 1.29 is 31.2 Å². The summed E-state index contributed by atoms with van der Waals surface area (Å²) in [5.74, 6) is 5.43. The molecule has 3 N–H and O–H groups in total. The Labute approximate surface area is 158 Å². The molecule has 0 bridgehead atoms. The normalized spacial score (nSPS) is 14.5. The van der Waals surface area contributed by atoms with Crippen molar-refractivity contribution in [3.63, 3.8) is 0 Å². The second kappa shape index (κ2) is 9.38. The fourth-order valence-corrected chi connectivity index (χ4v) is 7.26. The van der Waals surface area contributed by atoms with Crippen LogP contribution < -0.4 is 30.1 Å². The van der Waals surface area contributed by atoms with E-state index in [0.717, 1.165) is 36.9 Å². The predicted molar refractivity (Wildman–Crippen MR) is 97.2 cm³/mol. The number of hydrogen-bond donors (Lipinski definition) is 2. The molecule has 0 aliphatic carbocycles. The summed E-state index contributed by atoms with van der Waals surface area (Å²) in [6.07, 6.45) is 2.07. The molecule has 1 atom stereocenters. The average Bonchev–Trinajstić information content (AvgIpc) is 2.67. The molecule has 0 spiro atoms. The van der Waals surface area contributed by atoms with Gasteiger partial charge < -0.3 is 0 Å². The first-order valence-electron chi connectivity index (χ1n) is 8.51. The number of pyridine rings is 1. The van der Waals surface area contributed by atoms with Crippen molar-refractivity contribution in [2.75, 3.05) is 15.9 Å². The number of nitrogens with two attached hydrogens (primary N) is 1. The van der Waals surface area contributed by atoms with E-state index in [-0.39, 0.29) is 5.82 Å². The minimum absolute atomic E-state index is 0.279. The number of rotatable bonds is 9. The van der Waals surface area contributed by atoms with Gasteiger partial charge in [-0.2, -0.15) is 0 Å². The molecular formula is C19H26FIN3O2-. The van der Waals surface area contributed by atoms with Gasteiger partial charge in [0, 0.05) is 0 Å². The summed E-state index contributed by atoms with van der Waals surface area (Å²) < 4.78 is 20.9. The third-order valence-corrected chi connectivity index (χ3v) is 11.8. The summed E-state index contributed by atoms with van der Waals surface area (Å²) in [6.45, 7) is 4.67. The molecule has 26 heavy (non-hydrogen) atoms. The van der Waals surface area contributed by atoms with Gasteiger partial charge in [-0.25, -0.2) is 0 Å². The van der Waals surface area contributed by atoms with E-state index in [1.54, 1.807) is 12.1 Å². The molecule has 1 aromatic heterocycles. The summed E-state index contributed by atoms with van der Waals surface area (Å²) in [4.78, 5) is 17.5. The SMILES string of the molecule is CCc1c([I-](C)(CC)ON)cc(CCNC=O)nc1-c1ccc(F)cc1. The molecule has 1 aromatic carbocycles. The number of halogens is 2. The number of carbonyl (C=O) groups is 1. The van der Waals surface area contributed by atoms with Gasteiger partial charge in [0.15, 0.2) is 0 Å². The number of alkyl halides is 2. The van der Waals surface area contributed by atoms with Crippen LogP contribution in [0.15, 0.2) is 30.3 Å². The summed E-state index contributed by atoms with van der Waals surface area (Å²) in [7, 11) is 0. The third-order valence-electron chi connectivity index (χ3n) is 4.34. The van der Waals surface area contributed by atoms with E-state index in [1.165, 1.54) is 12.1 Å². The number of aromatic nitrogens is 1. The van der Waals surface area contributed by atoms with Crippen molar-refractivity contribution in [3.8, 4) is 11.3 Å². The van der Waals surface area contributed by atoms with Crippen LogP contribution in [0.2, 0.25) is 0 Å². The second-order valence-electron chi connectivity index (χ2n) is 5.89. The third kappa shape index (κ3) is 4.57. The number of amides is 1. The standard InChI is InChI=1S/C19H26FIN3O2/c1-4-17-18(21(3,5-2)26-22)12-16(10-11-23-13-25)24-19(17)14-6-8-15(20)9-7-14/h6-9,12-13H,4-5,10-11,22H2,1-3H3,(H,23,25)/q-1. The van der Waals surface area contributed by atoms with Crippen LogP contribution in [0.4, 0.5) is 4.39 Å². The maximum absolute atomic E-state index is 13.4. The van der Waals surface area contributed by atoms with Gasteiger partial charge in [-0.1, -0.05) is 0 Å². The van der Waals surface area contributed by atoms with Gasteiger partial charge in [0.05, 0.1) is 0 Å². The van der Waals surface area contributed by atoms with Crippen molar-refractivity contribution in [3.05, 3.63) is 51.0 Å². The number of hydrogen-bond acceptors (Lipinski definition) is 4. The van der Waals surface area contributed by atoms with Crippen LogP contribution in [-0.4, -0.2) is 27.3 Å². The first-order valence-corrected chi connectivity index (χ1v) is 14.2. The van der Waals surface area contributed by atoms with Crippen LogP contribution >= 0.6 is 0 Å². The van der Waals surface area contributed by atoms with Gasteiger partial charge in [0.1, 0.15) is 0 Å². The van der Waals surface area contributed by atoms with Crippen LogP contribution in [0.25, 0.3) is 11.3 Å². The molecule has 5 nitrogen and oxygen atoms in total. The van der Waals surface area contributed by atoms with Gasteiger partial charge in [-0.15, -0.1) is 0 Å². The van der Waals surface area contributed by atoms with E-state index in [2.05, 4.69) is 30.2 Å². The zero-order valence-corrected chi connectivity index (χ0v) is 17.5. The van der Waals surface area contributed by atoms with E-state index < -0.39 is 18.8 Å². The molecule has 0 fully saturated rings. The molecule has 1 heterocycles. The Morgan fingerprint density at radius 1 is 1.31 bits per heavy atom. The Kier molecular flexibility index (Phi) is 7.48. The predicted octanol–water partition coefficient (Wildman–Crippen LogP) is -0.476.